The molecule has 0 bridgehead atoms. The minimum absolute atomic E-state index is 0.161. The lowest BCUT2D eigenvalue weighted by Gasteiger charge is -2.17. The Morgan fingerprint density at radius 2 is 1.66 bits per heavy atom. The van der Waals surface area contributed by atoms with E-state index in [0.717, 1.165) is 28.8 Å². The number of anilines is 1. The van der Waals surface area contributed by atoms with E-state index in [-0.39, 0.29) is 18.2 Å². The van der Waals surface area contributed by atoms with E-state index in [1.807, 2.05) is 24.3 Å². The Bertz CT molecular complexity index is 1100. The van der Waals surface area contributed by atoms with Gasteiger partial charge in [0.15, 0.2) is 0 Å². The first-order valence-electron chi connectivity index (χ1n) is 8.91. The van der Waals surface area contributed by atoms with E-state index < -0.39 is 11.7 Å². The molecule has 4 rings (SSSR count). The summed E-state index contributed by atoms with van der Waals surface area (Å²) in [6.45, 7) is 0.278. The highest BCUT2D eigenvalue weighted by atomic mass is 19.4. The van der Waals surface area contributed by atoms with E-state index in [2.05, 4.69) is 0 Å². The molecular weight excluding hydrogens is 379 g/mol. The maximum absolute atomic E-state index is 12.8. The molecule has 0 radical (unpaired) electrons. The monoisotopic (exact) mass is 395 g/mol. The number of halogens is 3. The van der Waals surface area contributed by atoms with E-state index in [4.69, 9.17) is 0 Å². The molecule has 0 spiro atoms. The molecule has 6 heteroatoms. The van der Waals surface area contributed by atoms with Crippen LogP contribution in [0.15, 0.2) is 66.7 Å². The number of phenols is 1. The highest BCUT2D eigenvalue weighted by molar-refractivity contribution is 6.10. The van der Waals surface area contributed by atoms with E-state index in [9.17, 15) is 23.1 Å². The number of carbonyl (C=O) groups is 1. The van der Waals surface area contributed by atoms with Gasteiger partial charge in [0, 0.05) is 11.3 Å². The highest BCUT2D eigenvalue weighted by Crippen LogP contribution is 2.34. The number of amides is 1. The number of carbonyl (C=O) groups excluding carboxylic acids is 1. The number of benzene rings is 3. The standard InChI is InChI=1S/C23H16F3NO2/c24-23(25,26)17-9-11-18(12-10-17)27-14-21-16(4-2-6-20(21)22(27)29)8-7-15-3-1-5-19(28)13-15/h1-13,28H,14H2/b8-7+. The summed E-state index contributed by atoms with van der Waals surface area (Å²) in [5, 5.41) is 9.57. The molecule has 1 amide bonds. The molecule has 3 aromatic rings. The molecular formula is C23H16F3NO2. The lowest BCUT2D eigenvalue weighted by atomic mass is 10.0. The summed E-state index contributed by atoms with van der Waals surface area (Å²) < 4.78 is 38.4. The summed E-state index contributed by atoms with van der Waals surface area (Å²) >= 11 is 0. The van der Waals surface area contributed by atoms with Crippen LogP contribution >= 0.6 is 0 Å². The van der Waals surface area contributed by atoms with Gasteiger partial charge in [-0.05, 0) is 59.2 Å². The van der Waals surface area contributed by atoms with Crippen molar-refractivity contribution in [2.24, 2.45) is 0 Å². The zero-order valence-corrected chi connectivity index (χ0v) is 15.1. The molecule has 1 N–H and O–H groups in total. The maximum atomic E-state index is 12.8. The van der Waals surface area contributed by atoms with Crippen molar-refractivity contribution in [1.82, 2.24) is 0 Å². The second-order valence-corrected chi connectivity index (χ2v) is 6.74. The molecule has 3 aromatic carbocycles. The number of fused-ring (bicyclic) bond motifs is 1. The van der Waals surface area contributed by atoms with Crippen molar-refractivity contribution >= 4 is 23.7 Å². The number of alkyl halides is 3. The highest BCUT2D eigenvalue weighted by Gasteiger charge is 2.32. The van der Waals surface area contributed by atoms with E-state index in [1.165, 1.54) is 17.0 Å². The number of nitrogens with zero attached hydrogens (tertiary/aromatic N) is 1. The molecule has 1 aliphatic heterocycles. The molecule has 146 valence electrons. The van der Waals surface area contributed by atoms with Crippen molar-refractivity contribution in [2.45, 2.75) is 12.7 Å². The van der Waals surface area contributed by atoms with Crippen LogP contribution in [0.3, 0.4) is 0 Å². The third kappa shape index (κ3) is 3.74. The Labute approximate surface area is 165 Å². The van der Waals surface area contributed by atoms with Gasteiger partial charge in [-0.15, -0.1) is 0 Å². The minimum atomic E-state index is -4.42. The minimum Gasteiger partial charge on any atom is -0.508 e. The Morgan fingerprint density at radius 3 is 2.34 bits per heavy atom. The van der Waals surface area contributed by atoms with Gasteiger partial charge in [0.2, 0.25) is 0 Å². The van der Waals surface area contributed by atoms with Gasteiger partial charge >= 0.3 is 6.18 Å². The summed E-state index contributed by atoms with van der Waals surface area (Å²) in [6.07, 6.45) is -0.724. The van der Waals surface area contributed by atoms with Crippen LogP contribution in [0, 0.1) is 0 Å². The van der Waals surface area contributed by atoms with Gasteiger partial charge in [-0.3, -0.25) is 4.79 Å². The predicted octanol–water partition coefficient (Wildman–Crippen LogP) is 5.74. The molecule has 0 aliphatic carbocycles. The third-order valence-electron chi connectivity index (χ3n) is 4.84. The first-order valence-corrected chi connectivity index (χ1v) is 8.91. The molecule has 1 heterocycles. The second-order valence-electron chi connectivity index (χ2n) is 6.74. The van der Waals surface area contributed by atoms with E-state index in [1.54, 1.807) is 30.3 Å². The summed E-state index contributed by atoms with van der Waals surface area (Å²) in [7, 11) is 0. The summed E-state index contributed by atoms with van der Waals surface area (Å²) in [6, 6.07) is 16.7. The van der Waals surface area contributed by atoms with Crippen LogP contribution in [0.2, 0.25) is 0 Å². The van der Waals surface area contributed by atoms with E-state index >= 15 is 0 Å². The quantitative estimate of drug-likeness (QED) is 0.575. The van der Waals surface area contributed by atoms with Crippen LogP contribution in [0.4, 0.5) is 18.9 Å². The zero-order valence-electron chi connectivity index (χ0n) is 15.1. The summed E-state index contributed by atoms with van der Waals surface area (Å²) in [5.41, 5.74) is 2.67. The summed E-state index contributed by atoms with van der Waals surface area (Å²) in [4.78, 5) is 14.3. The SMILES string of the molecule is O=C1c2cccc(/C=C/c3cccc(O)c3)c2CN1c1ccc(C(F)(F)F)cc1. The van der Waals surface area contributed by atoms with Gasteiger partial charge in [-0.2, -0.15) is 13.2 Å². The van der Waals surface area contributed by atoms with Crippen LogP contribution in [0.5, 0.6) is 5.75 Å². The van der Waals surface area contributed by atoms with Crippen LogP contribution in [-0.2, 0) is 12.7 Å². The van der Waals surface area contributed by atoms with Gasteiger partial charge in [0.1, 0.15) is 5.75 Å². The average molecular weight is 395 g/mol. The van der Waals surface area contributed by atoms with Crippen molar-refractivity contribution in [2.75, 3.05) is 4.90 Å². The van der Waals surface area contributed by atoms with Gasteiger partial charge in [0.25, 0.3) is 5.91 Å². The van der Waals surface area contributed by atoms with Crippen LogP contribution in [0.25, 0.3) is 12.2 Å². The fourth-order valence-corrected chi connectivity index (χ4v) is 3.37. The number of hydrogen-bond acceptors (Lipinski definition) is 2. The first-order chi connectivity index (χ1) is 13.8. The predicted molar refractivity (Wildman–Crippen MR) is 105 cm³/mol. The Kier molecular flexibility index (Phi) is 4.62. The molecule has 0 fully saturated rings. The molecule has 1 aliphatic rings. The van der Waals surface area contributed by atoms with Crippen molar-refractivity contribution in [1.29, 1.82) is 0 Å². The smallest absolute Gasteiger partial charge is 0.416 e. The Balaban J connectivity index is 1.62. The van der Waals surface area contributed by atoms with E-state index in [0.29, 0.717) is 11.3 Å². The Morgan fingerprint density at radius 1 is 0.931 bits per heavy atom. The second kappa shape index (κ2) is 7.13. The molecule has 0 aromatic heterocycles. The number of aromatic hydroxyl groups is 1. The fourth-order valence-electron chi connectivity index (χ4n) is 3.37. The average Bonchev–Trinajstić information content (AvgIpc) is 3.03. The van der Waals surface area contributed by atoms with Crippen molar-refractivity contribution < 1.29 is 23.1 Å². The number of phenolic OH excluding ortho intramolecular Hbond substituents is 1. The lowest BCUT2D eigenvalue weighted by molar-refractivity contribution is -0.137. The maximum Gasteiger partial charge on any atom is 0.416 e. The van der Waals surface area contributed by atoms with Crippen molar-refractivity contribution in [3.8, 4) is 5.75 Å². The molecule has 29 heavy (non-hydrogen) atoms. The molecule has 3 nitrogen and oxygen atoms in total. The van der Waals surface area contributed by atoms with Crippen molar-refractivity contribution in [3.63, 3.8) is 0 Å². The topological polar surface area (TPSA) is 40.5 Å². The number of hydrogen-bond donors (Lipinski definition) is 1. The molecule has 0 saturated heterocycles. The zero-order chi connectivity index (χ0) is 20.6. The van der Waals surface area contributed by atoms with Crippen LogP contribution < -0.4 is 4.90 Å². The molecule has 0 atom stereocenters. The van der Waals surface area contributed by atoms with Crippen molar-refractivity contribution in [3.05, 3.63) is 94.5 Å². The first kappa shape index (κ1) is 18.8. The van der Waals surface area contributed by atoms with Gasteiger partial charge < -0.3 is 10.0 Å². The Hall–Kier alpha value is -3.54. The normalized spacial score (nSPS) is 13.9. The third-order valence-corrected chi connectivity index (χ3v) is 4.84. The summed E-state index contributed by atoms with van der Waals surface area (Å²) in [5.74, 6) is -0.0820. The lowest BCUT2D eigenvalue weighted by Crippen LogP contribution is -2.23. The van der Waals surface area contributed by atoms with Gasteiger partial charge in [-0.1, -0.05) is 36.4 Å². The fraction of sp³-hybridized carbons (Fsp3) is 0.0870. The largest absolute Gasteiger partial charge is 0.508 e. The molecule has 0 unspecified atom stereocenters. The molecule has 0 saturated carbocycles. The van der Waals surface area contributed by atoms with Crippen LogP contribution in [0.1, 0.15) is 32.6 Å². The number of rotatable bonds is 3. The van der Waals surface area contributed by atoms with Gasteiger partial charge in [-0.25, -0.2) is 0 Å². The van der Waals surface area contributed by atoms with Gasteiger partial charge in [0.05, 0.1) is 12.1 Å². The van der Waals surface area contributed by atoms with Crippen LogP contribution in [-0.4, -0.2) is 11.0 Å².